The third-order valence-corrected chi connectivity index (χ3v) is 1.49. The molecular weight excluding hydrogens is 138 g/mol. The summed E-state index contributed by atoms with van der Waals surface area (Å²) in [4.78, 5) is 2.16. The predicted molar refractivity (Wildman–Crippen MR) is 48.6 cm³/mol. The van der Waals surface area contributed by atoms with Crippen LogP contribution in [0.4, 0.5) is 0 Å². The van der Waals surface area contributed by atoms with Gasteiger partial charge >= 0.3 is 0 Å². The molecule has 0 unspecified atom stereocenters. The highest BCUT2D eigenvalue weighted by molar-refractivity contribution is 4.83. The lowest BCUT2D eigenvalue weighted by atomic mass is 10.4. The number of hydrogen-bond donors (Lipinski definition) is 0. The predicted octanol–water partition coefficient (Wildman–Crippen LogP) is 1.88. The highest BCUT2D eigenvalue weighted by Crippen LogP contribution is 1.95. The lowest BCUT2D eigenvalue weighted by Crippen LogP contribution is -2.14. The average molecular weight is 157 g/mol. The van der Waals surface area contributed by atoms with E-state index in [1.807, 2.05) is 19.9 Å². The molecule has 0 radical (unpaired) electrons. The van der Waals surface area contributed by atoms with Crippen LogP contribution in [-0.2, 0) is 4.74 Å². The van der Waals surface area contributed by atoms with Gasteiger partial charge in [0.25, 0.3) is 0 Å². The van der Waals surface area contributed by atoms with Gasteiger partial charge in [-0.1, -0.05) is 6.08 Å². The Labute approximate surface area is 69.8 Å². The summed E-state index contributed by atoms with van der Waals surface area (Å²) in [5, 5.41) is 0. The molecule has 0 spiro atoms. The van der Waals surface area contributed by atoms with Crippen molar-refractivity contribution in [3.05, 3.63) is 11.8 Å². The normalized spacial score (nSPS) is 12.3. The first kappa shape index (κ1) is 10.5. The average Bonchev–Trinajstić information content (AvgIpc) is 1.97. The molecule has 0 saturated heterocycles. The lowest BCUT2D eigenvalue weighted by Gasteiger charge is -2.09. The maximum absolute atomic E-state index is 5.38. The molecule has 0 aromatic carbocycles. The Kier molecular flexibility index (Phi) is 5.94. The van der Waals surface area contributed by atoms with Crippen molar-refractivity contribution in [2.24, 2.45) is 0 Å². The summed E-state index contributed by atoms with van der Waals surface area (Å²) < 4.78 is 5.38. The van der Waals surface area contributed by atoms with Crippen LogP contribution in [-0.4, -0.2) is 32.1 Å². The number of allylic oxidation sites excluding steroid dienone is 2. The molecule has 0 saturated carbocycles. The van der Waals surface area contributed by atoms with Gasteiger partial charge in [-0.2, -0.15) is 0 Å². The number of hydrogen-bond acceptors (Lipinski definition) is 2. The van der Waals surface area contributed by atoms with Crippen LogP contribution in [0.1, 0.15) is 20.3 Å². The molecule has 66 valence electrons. The summed E-state index contributed by atoms with van der Waals surface area (Å²) >= 11 is 0. The summed E-state index contributed by atoms with van der Waals surface area (Å²) in [7, 11) is 4.14. The van der Waals surface area contributed by atoms with Gasteiger partial charge in [0.1, 0.15) is 0 Å². The molecule has 0 aromatic heterocycles. The van der Waals surface area contributed by atoms with Crippen molar-refractivity contribution in [1.29, 1.82) is 0 Å². The third kappa shape index (κ3) is 7.40. The summed E-state index contributed by atoms with van der Waals surface area (Å²) in [5.74, 6) is 1.02. The van der Waals surface area contributed by atoms with Gasteiger partial charge in [0, 0.05) is 6.54 Å². The fraction of sp³-hybridized carbons (Fsp3) is 0.778. The Morgan fingerprint density at radius 3 is 2.55 bits per heavy atom. The Balaban J connectivity index is 3.15. The zero-order chi connectivity index (χ0) is 8.69. The molecule has 0 amide bonds. The summed E-state index contributed by atoms with van der Waals surface area (Å²) in [6, 6.07) is 0. The van der Waals surface area contributed by atoms with E-state index in [9.17, 15) is 0 Å². The first-order valence-corrected chi connectivity index (χ1v) is 4.07. The number of ether oxygens (including phenoxy) is 1. The van der Waals surface area contributed by atoms with Gasteiger partial charge in [0.05, 0.1) is 12.4 Å². The second-order valence-corrected chi connectivity index (χ2v) is 2.90. The van der Waals surface area contributed by atoms with Gasteiger partial charge in [0.2, 0.25) is 0 Å². The summed E-state index contributed by atoms with van der Waals surface area (Å²) in [5.41, 5.74) is 0. The quantitative estimate of drug-likeness (QED) is 0.446. The Morgan fingerprint density at radius 1 is 1.45 bits per heavy atom. The van der Waals surface area contributed by atoms with Gasteiger partial charge in [-0.25, -0.2) is 0 Å². The molecule has 0 fully saturated rings. The van der Waals surface area contributed by atoms with Gasteiger partial charge in [-0.05, 0) is 34.4 Å². The molecule has 0 atom stereocenters. The Bertz CT molecular complexity index is 119. The lowest BCUT2D eigenvalue weighted by molar-refractivity contribution is 0.198. The topological polar surface area (TPSA) is 12.5 Å². The second kappa shape index (κ2) is 6.23. The molecule has 0 rings (SSSR count). The van der Waals surface area contributed by atoms with Crippen LogP contribution in [0.15, 0.2) is 11.8 Å². The van der Waals surface area contributed by atoms with Gasteiger partial charge < -0.3 is 9.64 Å². The van der Waals surface area contributed by atoms with E-state index in [-0.39, 0.29) is 0 Å². The molecular formula is C9H19NO. The van der Waals surface area contributed by atoms with E-state index in [1.54, 1.807) is 0 Å². The van der Waals surface area contributed by atoms with E-state index < -0.39 is 0 Å². The van der Waals surface area contributed by atoms with Gasteiger partial charge in [0.15, 0.2) is 0 Å². The van der Waals surface area contributed by atoms with E-state index in [0.717, 1.165) is 25.3 Å². The second-order valence-electron chi connectivity index (χ2n) is 2.90. The largest absolute Gasteiger partial charge is 0.499 e. The van der Waals surface area contributed by atoms with Crippen LogP contribution in [0.5, 0.6) is 0 Å². The van der Waals surface area contributed by atoms with Crippen molar-refractivity contribution >= 4 is 0 Å². The molecule has 0 aromatic rings. The van der Waals surface area contributed by atoms with Crippen molar-refractivity contribution < 1.29 is 4.74 Å². The molecule has 2 nitrogen and oxygen atoms in total. The minimum absolute atomic E-state index is 0.828. The van der Waals surface area contributed by atoms with Crippen molar-refractivity contribution in [1.82, 2.24) is 4.90 Å². The molecule has 0 aliphatic carbocycles. The van der Waals surface area contributed by atoms with E-state index in [2.05, 4.69) is 19.0 Å². The molecule has 0 N–H and O–H groups in total. The van der Waals surface area contributed by atoms with Crippen molar-refractivity contribution in [3.8, 4) is 0 Å². The summed E-state index contributed by atoms with van der Waals surface area (Å²) in [6.45, 7) is 5.89. The van der Waals surface area contributed by atoms with Crippen LogP contribution in [0.3, 0.4) is 0 Å². The number of nitrogens with zero attached hydrogens (tertiary/aromatic N) is 1. The zero-order valence-electron chi connectivity index (χ0n) is 8.05. The van der Waals surface area contributed by atoms with Crippen LogP contribution in [0, 0.1) is 0 Å². The standard InChI is InChI=1S/C9H19NO/c1-5-9(2)11-8-6-7-10(3)4/h5H,6-8H2,1-4H3/b9-5-. The highest BCUT2D eigenvalue weighted by atomic mass is 16.5. The number of rotatable bonds is 5. The first-order valence-electron chi connectivity index (χ1n) is 4.07. The van der Waals surface area contributed by atoms with Crippen molar-refractivity contribution in [2.45, 2.75) is 20.3 Å². The Hall–Kier alpha value is -0.500. The van der Waals surface area contributed by atoms with Gasteiger partial charge in [-0.15, -0.1) is 0 Å². The van der Waals surface area contributed by atoms with Crippen molar-refractivity contribution in [2.75, 3.05) is 27.2 Å². The van der Waals surface area contributed by atoms with Crippen LogP contribution in [0.2, 0.25) is 0 Å². The first-order chi connectivity index (χ1) is 5.16. The van der Waals surface area contributed by atoms with Crippen LogP contribution < -0.4 is 0 Å². The maximum atomic E-state index is 5.38. The molecule has 0 aliphatic rings. The SMILES string of the molecule is C/C=C(/C)OCCCN(C)C. The van der Waals surface area contributed by atoms with Crippen molar-refractivity contribution in [3.63, 3.8) is 0 Å². The van der Waals surface area contributed by atoms with Gasteiger partial charge in [-0.3, -0.25) is 0 Å². The van der Waals surface area contributed by atoms with E-state index in [1.165, 1.54) is 0 Å². The minimum atomic E-state index is 0.828. The fourth-order valence-electron chi connectivity index (χ4n) is 0.697. The molecule has 0 aliphatic heterocycles. The monoisotopic (exact) mass is 157 g/mol. The molecule has 0 heterocycles. The zero-order valence-corrected chi connectivity index (χ0v) is 8.05. The molecule has 11 heavy (non-hydrogen) atoms. The highest BCUT2D eigenvalue weighted by Gasteiger charge is 1.91. The summed E-state index contributed by atoms with van der Waals surface area (Å²) in [6.07, 6.45) is 3.08. The van der Waals surface area contributed by atoms with Crippen LogP contribution >= 0.6 is 0 Å². The third-order valence-electron chi connectivity index (χ3n) is 1.49. The Morgan fingerprint density at radius 2 is 2.09 bits per heavy atom. The fourth-order valence-corrected chi connectivity index (χ4v) is 0.697. The molecule has 0 bridgehead atoms. The van der Waals surface area contributed by atoms with E-state index in [0.29, 0.717) is 0 Å². The molecule has 2 heteroatoms. The van der Waals surface area contributed by atoms with E-state index >= 15 is 0 Å². The smallest absolute Gasteiger partial charge is 0.0889 e. The minimum Gasteiger partial charge on any atom is -0.499 e. The van der Waals surface area contributed by atoms with Crippen LogP contribution in [0.25, 0.3) is 0 Å². The maximum Gasteiger partial charge on any atom is 0.0889 e. The van der Waals surface area contributed by atoms with E-state index in [4.69, 9.17) is 4.74 Å².